The van der Waals surface area contributed by atoms with Crippen molar-refractivity contribution in [3.05, 3.63) is 0 Å². The summed E-state index contributed by atoms with van der Waals surface area (Å²) in [4.78, 5) is 24.2. The smallest absolute Gasteiger partial charge is 0.145 e. The molecule has 0 aromatic rings. The normalized spacial score (nSPS) is 25.8. The minimum Gasteiger partial charge on any atom is -0.353 e. The van der Waals surface area contributed by atoms with Gasteiger partial charge in [0, 0.05) is 19.0 Å². The third kappa shape index (κ3) is 3.01. The number of thioether (sulfide) groups is 1. The number of carbonyl (C=O) groups is 2. The van der Waals surface area contributed by atoms with E-state index in [1.807, 2.05) is 11.8 Å². The van der Waals surface area contributed by atoms with Crippen LogP contribution in [0.2, 0.25) is 0 Å². The molecule has 0 saturated carbocycles. The molecule has 0 spiro atoms. The first-order chi connectivity index (χ1) is 6.93. The van der Waals surface area contributed by atoms with Crippen molar-refractivity contribution < 1.29 is 9.59 Å². The fraction of sp³-hybridized carbons (Fsp3) is 0.700. The number of thiocarbonyl (C=S) groups is 1. The highest BCUT2D eigenvalue weighted by atomic mass is 32.2. The van der Waals surface area contributed by atoms with E-state index < -0.39 is 0 Å². The molecule has 5 heteroatoms. The van der Waals surface area contributed by atoms with E-state index in [-0.39, 0.29) is 22.9 Å². The van der Waals surface area contributed by atoms with Gasteiger partial charge < -0.3 is 4.90 Å². The van der Waals surface area contributed by atoms with E-state index in [0.29, 0.717) is 13.0 Å². The van der Waals surface area contributed by atoms with Gasteiger partial charge in [-0.3, -0.25) is 9.59 Å². The number of hydrogen-bond donors (Lipinski definition) is 0. The third-order valence-electron chi connectivity index (χ3n) is 2.50. The molecule has 0 N–H and O–H groups in total. The quantitative estimate of drug-likeness (QED) is 0.704. The van der Waals surface area contributed by atoms with E-state index in [4.69, 9.17) is 12.2 Å². The molecule has 84 valence electrons. The Balaban J connectivity index is 2.62. The number of hydrogen-bond acceptors (Lipinski definition) is 4. The lowest BCUT2D eigenvalue weighted by Gasteiger charge is -2.23. The van der Waals surface area contributed by atoms with Crippen LogP contribution < -0.4 is 0 Å². The van der Waals surface area contributed by atoms with Gasteiger partial charge in [-0.2, -0.15) is 0 Å². The lowest BCUT2D eigenvalue weighted by atomic mass is 10.1. The zero-order valence-corrected chi connectivity index (χ0v) is 10.8. The average Bonchev–Trinajstić information content (AvgIpc) is 2.39. The maximum absolute atomic E-state index is 11.3. The van der Waals surface area contributed by atoms with Gasteiger partial charge in [0.2, 0.25) is 0 Å². The van der Waals surface area contributed by atoms with Crippen LogP contribution in [0.4, 0.5) is 0 Å². The molecule has 1 rings (SSSR count). The monoisotopic (exact) mass is 245 g/mol. The molecule has 0 bridgehead atoms. The van der Waals surface area contributed by atoms with Crippen LogP contribution >= 0.6 is 24.0 Å². The van der Waals surface area contributed by atoms with Gasteiger partial charge in [-0.05, 0) is 20.8 Å². The second-order valence-corrected chi connectivity index (χ2v) is 5.58. The SMILES string of the molecule is CC(=O)CCN1C(=S)SC(C(C)=O)C1C. The first-order valence-electron chi connectivity index (χ1n) is 4.90. The highest BCUT2D eigenvalue weighted by Crippen LogP contribution is 2.32. The summed E-state index contributed by atoms with van der Waals surface area (Å²) in [6.07, 6.45) is 0.496. The predicted molar refractivity (Wildman–Crippen MR) is 66.1 cm³/mol. The van der Waals surface area contributed by atoms with Crippen molar-refractivity contribution in [2.75, 3.05) is 6.54 Å². The molecule has 0 aromatic heterocycles. The van der Waals surface area contributed by atoms with E-state index in [0.717, 1.165) is 4.32 Å². The topological polar surface area (TPSA) is 37.4 Å². The van der Waals surface area contributed by atoms with E-state index in [2.05, 4.69) is 0 Å². The molecule has 0 amide bonds. The Bertz CT molecular complexity index is 304. The number of Topliss-reactive ketones (excluding diaryl/α,β-unsaturated/α-hetero) is 2. The maximum Gasteiger partial charge on any atom is 0.145 e. The summed E-state index contributed by atoms with van der Waals surface area (Å²) in [6.45, 7) is 5.77. The first kappa shape index (κ1) is 12.6. The van der Waals surface area contributed by atoms with Gasteiger partial charge in [-0.25, -0.2) is 0 Å². The van der Waals surface area contributed by atoms with Gasteiger partial charge in [-0.15, -0.1) is 0 Å². The molecule has 0 aliphatic carbocycles. The largest absolute Gasteiger partial charge is 0.353 e. The Morgan fingerprint density at radius 1 is 1.47 bits per heavy atom. The number of ketones is 2. The van der Waals surface area contributed by atoms with Crippen LogP contribution in [0, 0.1) is 0 Å². The molecule has 3 nitrogen and oxygen atoms in total. The Labute approximate surface area is 99.6 Å². The van der Waals surface area contributed by atoms with Gasteiger partial charge in [0.25, 0.3) is 0 Å². The Morgan fingerprint density at radius 3 is 2.47 bits per heavy atom. The molecule has 1 heterocycles. The van der Waals surface area contributed by atoms with Gasteiger partial charge in [0.05, 0.1) is 5.25 Å². The molecule has 1 aliphatic heterocycles. The van der Waals surface area contributed by atoms with Crippen molar-refractivity contribution in [1.29, 1.82) is 0 Å². The summed E-state index contributed by atoms with van der Waals surface area (Å²) in [5.41, 5.74) is 0. The number of nitrogens with zero attached hydrogens (tertiary/aromatic N) is 1. The molecule has 1 aliphatic rings. The van der Waals surface area contributed by atoms with E-state index >= 15 is 0 Å². The first-order valence-corrected chi connectivity index (χ1v) is 6.19. The van der Waals surface area contributed by atoms with Gasteiger partial charge in [0.1, 0.15) is 15.9 Å². The standard InChI is InChI=1S/C10H15NO2S2/c1-6(12)4-5-11-7(2)9(8(3)13)15-10(11)14/h7,9H,4-5H2,1-3H3. The lowest BCUT2D eigenvalue weighted by molar-refractivity contribution is -0.117. The average molecular weight is 245 g/mol. The summed E-state index contributed by atoms with van der Waals surface area (Å²) in [6, 6.07) is 0.111. The van der Waals surface area contributed by atoms with Crippen molar-refractivity contribution in [3.8, 4) is 0 Å². The van der Waals surface area contributed by atoms with Crippen LogP contribution in [0.5, 0.6) is 0 Å². The molecular formula is C10H15NO2S2. The second-order valence-electron chi connectivity index (χ2n) is 3.80. The number of rotatable bonds is 4. The minimum absolute atomic E-state index is 0.0653. The highest BCUT2D eigenvalue weighted by molar-refractivity contribution is 8.24. The molecule has 1 fully saturated rings. The van der Waals surface area contributed by atoms with Crippen LogP contribution in [0.25, 0.3) is 0 Å². The minimum atomic E-state index is -0.0653. The lowest BCUT2D eigenvalue weighted by Crippen LogP contribution is -2.37. The van der Waals surface area contributed by atoms with Crippen molar-refractivity contribution in [2.45, 2.75) is 38.5 Å². The van der Waals surface area contributed by atoms with E-state index in [1.165, 1.54) is 11.8 Å². The molecule has 0 radical (unpaired) electrons. The van der Waals surface area contributed by atoms with E-state index in [1.54, 1.807) is 13.8 Å². The predicted octanol–water partition coefficient (Wildman–Crippen LogP) is 1.65. The summed E-state index contributed by atoms with van der Waals surface area (Å²) in [5.74, 6) is 0.307. The van der Waals surface area contributed by atoms with E-state index in [9.17, 15) is 9.59 Å². The fourth-order valence-corrected chi connectivity index (χ4v) is 3.29. The Kier molecular flexibility index (Phi) is 4.28. The van der Waals surface area contributed by atoms with Gasteiger partial charge in [-0.1, -0.05) is 24.0 Å². The van der Waals surface area contributed by atoms with Crippen molar-refractivity contribution >= 4 is 39.9 Å². The Hall–Kier alpha value is -0.420. The summed E-state index contributed by atoms with van der Waals surface area (Å²) < 4.78 is 0.740. The van der Waals surface area contributed by atoms with Crippen molar-refractivity contribution in [2.24, 2.45) is 0 Å². The van der Waals surface area contributed by atoms with Crippen LogP contribution in [0.15, 0.2) is 0 Å². The van der Waals surface area contributed by atoms with Gasteiger partial charge >= 0.3 is 0 Å². The van der Waals surface area contributed by atoms with Crippen LogP contribution in [0.1, 0.15) is 27.2 Å². The Morgan fingerprint density at radius 2 is 2.07 bits per heavy atom. The van der Waals surface area contributed by atoms with Crippen LogP contribution in [-0.2, 0) is 9.59 Å². The van der Waals surface area contributed by atoms with Gasteiger partial charge in [0.15, 0.2) is 0 Å². The number of carbonyl (C=O) groups excluding carboxylic acids is 2. The fourth-order valence-electron chi connectivity index (χ4n) is 1.60. The molecule has 0 aromatic carbocycles. The molecule has 1 saturated heterocycles. The van der Waals surface area contributed by atoms with Crippen LogP contribution in [-0.4, -0.2) is 38.6 Å². The van der Waals surface area contributed by atoms with Crippen molar-refractivity contribution in [3.63, 3.8) is 0 Å². The zero-order valence-electron chi connectivity index (χ0n) is 9.15. The molecule has 2 unspecified atom stereocenters. The van der Waals surface area contributed by atoms with Crippen LogP contribution in [0.3, 0.4) is 0 Å². The zero-order chi connectivity index (χ0) is 11.6. The van der Waals surface area contributed by atoms with Crippen molar-refractivity contribution in [1.82, 2.24) is 4.90 Å². The third-order valence-corrected chi connectivity index (χ3v) is 4.44. The second kappa shape index (κ2) is 5.07. The molecule has 15 heavy (non-hydrogen) atoms. The highest BCUT2D eigenvalue weighted by Gasteiger charge is 2.37. The molecular weight excluding hydrogens is 230 g/mol. The summed E-state index contributed by atoms with van der Waals surface area (Å²) in [5, 5.41) is -0.0653. The maximum atomic E-state index is 11.3. The summed E-state index contributed by atoms with van der Waals surface area (Å²) in [7, 11) is 0. The molecule has 2 atom stereocenters. The summed E-state index contributed by atoms with van der Waals surface area (Å²) >= 11 is 6.63.